The van der Waals surface area contributed by atoms with Crippen LogP contribution >= 0.6 is 11.6 Å². The highest BCUT2D eigenvalue weighted by Gasteiger charge is 2.66. The Kier molecular flexibility index (Phi) is 3.75. The average Bonchev–Trinajstić information content (AvgIpc) is 2.70. The molecule has 1 aliphatic rings. The summed E-state index contributed by atoms with van der Waals surface area (Å²) >= 11 is 6.37. The maximum absolute atomic E-state index is 6.37. The van der Waals surface area contributed by atoms with Crippen LogP contribution in [0.25, 0.3) is 0 Å². The smallest absolute Gasteiger partial charge is 0.0441 e. The van der Waals surface area contributed by atoms with Gasteiger partial charge in [0.15, 0.2) is 0 Å². The molecule has 0 aliphatic heterocycles. The molecule has 0 bridgehead atoms. The molecule has 1 N–H and O–H groups in total. The molecular formula is C17H26ClN. The summed E-state index contributed by atoms with van der Waals surface area (Å²) in [7, 11) is 2.07. The minimum absolute atomic E-state index is 0.401. The molecule has 0 amide bonds. The highest BCUT2D eigenvalue weighted by molar-refractivity contribution is 6.31. The van der Waals surface area contributed by atoms with Gasteiger partial charge in [-0.15, -0.1) is 0 Å². The summed E-state index contributed by atoms with van der Waals surface area (Å²) in [6, 6.07) is 6.87. The Morgan fingerprint density at radius 2 is 1.79 bits per heavy atom. The normalized spacial score (nSPS) is 22.3. The minimum atomic E-state index is 0.401. The third kappa shape index (κ3) is 2.43. The van der Waals surface area contributed by atoms with E-state index in [9.17, 15) is 0 Å². The van der Waals surface area contributed by atoms with Gasteiger partial charge in [-0.05, 0) is 54.3 Å². The summed E-state index contributed by atoms with van der Waals surface area (Å²) < 4.78 is 0. The lowest BCUT2D eigenvalue weighted by molar-refractivity contribution is 0.421. The zero-order chi connectivity index (χ0) is 14.4. The van der Waals surface area contributed by atoms with Crippen LogP contribution < -0.4 is 5.32 Å². The van der Waals surface area contributed by atoms with Gasteiger partial charge in [-0.2, -0.15) is 0 Å². The van der Waals surface area contributed by atoms with Gasteiger partial charge in [0.2, 0.25) is 0 Å². The predicted molar refractivity (Wildman–Crippen MR) is 83.8 cm³/mol. The standard InChI is InChI=1S/C17H26ClN/c1-11-7-8-12(13(18)9-11)10-14(19-6)15-16(2,3)17(15,4)5/h7-9,14-15,19H,10H2,1-6H3. The molecule has 1 nitrogen and oxygen atoms in total. The Balaban J connectivity index is 2.17. The molecule has 19 heavy (non-hydrogen) atoms. The molecule has 106 valence electrons. The monoisotopic (exact) mass is 279 g/mol. The van der Waals surface area contributed by atoms with Crippen LogP contribution in [-0.2, 0) is 6.42 Å². The molecule has 0 heterocycles. The second kappa shape index (κ2) is 4.79. The summed E-state index contributed by atoms with van der Waals surface area (Å²) in [5.74, 6) is 0.697. The van der Waals surface area contributed by atoms with E-state index in [1.54, 1.807) is 0 Å². The molecule has 0 saturated heterocycles. The predicted octanol–water partition coefficient (Wildman–Crippen LogP) is 4.46. The van der Waals surface area contributed by atoms with Crippen LogP contribution in [0.3, 0.4) is 0 Å². The molecule has 0 aromatic heterocycles. The molecule has 1 fully saturated rings. The van der Waals surface area contributed by atoms with E-state index in [2.05, 4.69) is 65.2 Å². The summed E-state index contributed by atoms with van der Waals surface area (Å²) in [5, 5.41) is 4.41. The lowest BCUT2D eigenvalue weighted by Gasteiger charge is -2.19. The van der Waals surface area contributed by atoms with Gasteiger partial charge >= 0.3 is 0 Å². The van der Waals surface area contributed by atoms with Gasteiger partial charge in [-0.3, -0.25) is 0 Å². The molecule has 0 spiro atoms. The van der Waals surface area contributed by atoms with Gasteiger partial charge in [0.05, 0.1) is 0 Å². The molecule has 2 heteroatoms. The second-order valence-corrected chi connectivity index (χ2v) is 7.52. The Morgan fingerprint density at radius 1 is 1.21 bits per heavy atom. The van der Waals surface area contributed by atoms with E-state index < -0.39 is 0 Å². The molecule has 1 aromatic carbocycles. The zero-order valence-corrected chi connectivity index (χ0v) is 13.7. The summed E-state index contributed by atoms with van der Waals surface area (Å²) in [5.41, 5.74) is 3.28. The highest BCUT2D eigenvalue weighted by Crippen LogP contribution is 2.69. The quantitative estimate of drug-likeness (QED) is 0.858. The fourth-order valence-electron chi connectivity index (χ4n) is 3.69. The van der Waals surface area contributed by atoms with Crippen LogP contribution in [0.2, 0.25) is 5.02 Å². The number of halogens is 1. The first kappa shape index (κ1) is 14.9. The van der Waals surface area contributed by atoms with E-state index in [1.807, 2.05) is 0 Å². The molecule has 1 unspecified atom stereocenters. The minimum Gasteiger partial charge on any atom is -0.316 e. The van der Waals surface area contributed by atoms with Crippen molar-refractivity contribution in [2.24, 2.45) is 16.7 Å². The van der Waals surface area contributed by atoms with Gasteiger partial charge in [-0.25, -0.2) is 0 Å². The van der Waals surface area contributed by atoms with Crippen LogP contribution in [0, 0.1) is 23.7 Å². The third-order valence-electron chi connectivity index (χ3n) is 5.55. The molecular weight excluding hydrogens is 254 g/mol. The van der Waals surface area contributed by atoms with Crippen molar-refractivity contribution < 1.29 is 0 Å². The van der Waals surface area contributed by atoms with Crippen molar-refractivity contribution in [2.45, 2.75) is 47.1 Å². The topological polar surface area (TPSA) is 12.0 Å². The molecule has 1 atom stereocenters. The third-order valence-corrected chi connectivity index (χ3v) is 5.91. The van der Waals surface area contributed by atoms with Gasteiger partial charge in [0, 0.05) is 11.1 Å². The van der Waals surface area contributed by atoms with E-state index >= 15 is 0 Å². The van der Waals surface area contributed by atoms with Gasteiger partial charge in [0.25, 0.3) is 0 Å². The Morgan fingerprint density at radius 3 is 2.21 bits per heavy atom. The first-order valence-electron chi connectivity index (χ1n) is 7.14. The second-order valence-electron chi connectivity index (χ2n) is 7.12. The Hall–Kier alpha value is -0.530. The Bertz CT molecular complexity index is 462. The summed E-state index contributed by atoms with van der Waals surface area (Å²) in [6.45, 7) is 11.6. The van der Waals surface area contributed by atoms with E-state index in [1.165, 1.54) is 11.1 Å². The van der Waals surface area contributed by atoms with Gasteiger partial charge in [-0.1, -0.05) is 51.4 Å². The molecule has 1 aliphatic carbocycles. The van der Waals surface area contributed by atoms with Crippen molar-refractivity contribution in [1.82, 2.24) is 5.32 Å². The van der Waals surface area contributed by atoms with Crippen LogP contribution in [-0.4, -0.2) is 13.1 Å². The number of nitrogens with one attached hydrogen (secondary N) is 1. The van der Waals surface area contributed by atoms with Gasteiger partial charge < -0.3 is 5.32 Å². The molecule has 2 rings (SSSR count). The van der Waals surface area contributed by atoms with Crippen LogP contribution in [0.4, 0.5) is 0 Å². The number of hydrogen-bond acceptors (Lipinski definition) is 1. The van der Waals surface area contributed by atoms with Crippen LogP contribution in [0.5, 0.6) is 0 Å². The number of rotatable bonds is 4. The number of likely N-dealkylation sites (N-methyl/N-ethyl adjacent to an activating group) is 1. The lowest BCUT2D eigenvalue weighted by Crippen LogP contribution is -2.32. The Labute approximate surface area is 122 Å². The lowest BCUT2D eigenvalue weighted by atomic mass is 9.96. The SMILES string of the molecule is CNC(Cc1ccc(C)cc1Cl)C1C(C)(C)C1(C)C. The maximum atomic E-state index is 6.37. The first-order chi connectivity index (χ1) is 8.71. The first-order valence-corrected chi connectivity index (χ1v) is 7.52. The number of aryl methyl sites for hydroxylation is 1. The van der Waals surface area contributed by atoms with Crippen LogP contribution in [0.1, 0.15) is 38.8 Å². The fourth-order valence-corrected chi connectivity index (χ4v) is 4.01. The summed E-state index contributed by atoms with van der Waals surface area (Å²) in [6.07, 6.45) is 1.01. The largest absolute Gasteiger partial charge is 0.316 e. The fraction of sp³-hybridized carbons (Fsp3) is 0.647. The van der Waals surface area contributed by atoms with Gasteiger partial charge in [0.1, 0.15) is 0 Å². The van der Waals surface area contributed by atoms with Crippen molar-refractivity contribution in [3.05, 3.63) is 34.3 Å². The van der Waals surface area contributed by atoms with Crippen molar-refractivity contribution >= 4 is 11.6 Å². The molecule has 1 aromatic rings. The van der Waals surface area contributed by atoms with E-state index in [0.29, 0.717) is 22.8 Å². The maximum Gasteiger partial charge on any atom is 0.0441 e. The molecule has 1 saturated carbocycles. The van der Waals surface area contributed by atoms with E-state index in [4.69, 9.17) is 11.6 Å². The molecule has 0 radical (unpaired) electrons. The number of benzene rings is 1. The van der Waals surface area contributed by atoms with Crippen molar-refractivity contribution in [3.8, 4) is 0 Å². The van der Waals surface area contributed by atoms with Crippen molar-refractivity contribution in [3.63, 3.8) is 0 Å². The van der Waals surface area contributed by atoms with Crippen molar-refractivity contribution in [2.75, 3.05) is 7.05 Å². The van der Waals surface area contributed by atoms with Crippen molar-refractivity contribution in [1.29, 1.82) is 0 Å². The van der Waals surface area contributed by atoms with E-state index in [0.717, 1.165) is 11.4 Å². The van der Waals surface area contributed by atoms with E-state index in [-0.39, 0.29) is 0 Å². The van der Waals surface area contributed by atoms with Crippen LogP contribution in [0.15, 0.2) is 18.2 Å². The number of hydrogen-bond donors (Lipinski definition) is 1. The highest BCUT2D eigenvalue weighted by atomic mass is 35.5. The summed E-state index contributed by atoms with van der Waals surface area (Å²) in [4.78, 5) is 0. The zero-order valence-electron chi connectivity index (χ0n) is 13.0. The average molecular weight is 280 g/mol.